The Kier molecular flexibility index (Phi) is 3.70. The molecule has 1 saturated heterocycles. The summed E-state index contributed by atoms with van der Waals surface area (Å²) in [6.07, 6.45) is 9.24. The van der Waals surface area contributed by atoms with Gasteiger partial charge in [-0.05, 0) is 0 Å². The van der Waals surface area contributed by atoms with Crippen LogP contribution in [0.3, 0.4) is 0 Å². The molecule has 2 aliphatic carbocycles. The first-order chi connectivity index (χ1) is 11.7. The van der Waals surface area contributed by atoms with Crippen LogP contribution in [-0.2, 0) is 22.3 Å². The summed E-state index contributed by atoms with van der Waals surface area (Å²) >= 11 is -2.70. The fourth-order valence-corrected chi connectivity index (χ4v) is 13.7. The van der Waals surface area contributed by atoms with Gasteiger partial charge in [0.15, 0.2) is 0 Å². The molecule has 0 amide bonds. The maximum absolute atomic E-state index is 6.79. The van der Waals surface area contributed by atoms with E-state index in [-0.39, 0.29) is 6.10 Å². The summed E-state index contributed by atoms with van der Waals surface area (Å²) in [5, 5.41) is 0. The summed E-state index contributed by atoms with van der Waals surface area (Å²) in [7, 11) is 6.79. The van der Waals surface area contributed by atoms with E-state index in [1.807, 2.05) is 0 Å². The van der Waals surface area contributed by atoms with Crippen molar-refractivity contribution in [2.75, 3.05) is 0 Å². The van der Waals surface area contributed by atoms with Crippen LogP contribution in [0.1, 0.15) is 34.1 Å². The van der Waals surface area contributed by atoms with Crippen molar-refractivity contribution in [2.45, 2.75) is 26.2 Å². The molecular formula is C21H19ClOZr. The second-order valence-corrected chi connectivity index (χ2v) is 18.4. The van der Waals surface area contributed by atoms with Gasteiger partial charge in [-0.1, -0.05) is 0 Å². The third-order valence-electron chi connectivity index (χ3n) is 5.37. The SMILES string of the molecule is [Cl][Zr]1([O]C(C2C=Cc3ccccc32)C2C=Cc3ccccc32)[CH2][CH2]1. The van der Waals surface area contributed by atoms with Gasteiger partial charge in [-0.15, -0.1) is 0 Å². The average molecular weight is 414 g/mol. The Balaban J connectivity index is 1.55. The summed E-state index contributed by atoms with van der Waals surface area (Å²) in [6, 6.07) is 17.3. The number of benzene rings is 2. The third kappa shape index (κ3) is 2.60. The summed E-state index contributed by atoms with van der Waals surface area (Å²) in [6.45, 7) is 0. The molecule has 0 N–H and O–H groups in total. The van der Waals surface area contributed by atoms with Gasteiger partial charge in [-0.25, -0.2) is 0 Å². The van der Waals surface area contributed by atoms with E-state index in [1.165, 1.54) is 22.3 Å². The average Bonchev–Trinajstić information content (AvgIpc) is 3.03. The van der Waals surface area contributed by atoms with E-state index in [1.54, 1.807) is 0 Å². The molecule has 2 atom stereocenters. The standard InChI is InChI=1S/C19H15O.C2H4.ClH.Zr/c20-19(17-11-9-13-5-1-3-7-15(13)17)18-12-10-14-6-2-4-8-16(14)18;1-2;;/h1-12,17-19H;1-2H2;1H;/q-1;;;+2/p-1. The topological polar surface area (TPSA) is 9.23 Å². The predicted molar refractivity (Wildman–Crippen MR) is 96.8 cm³/mol. The Hall–Kier alpha value is -0.947. The molecular weight excluding hydrogens is 395 g/mol. The quantitative estimate of drug-likeness (QED) is 0.591. The van der Waals surface area contributed by atoms with Crippen molar-refractivity contribution in [2.24, 2.45) is 0 Å². The Labute approximate surface area is 151 Å². The Morgan fingerprint density at radius 3 is 1.83 bits per heavy atom. The minimum absolute atomic E-state index is 0.126. The van der Waals surface area contributed by atoms with Gasteiger partial charge in [-0.3, -0.25) is 0 Å². The molecule has 0 radical (unpaired) electrons. The molecule has 3 heteroatoms. The van der Waals surface area contributed by atoms with Crippen LogP contribution < -0.4 is 0 Å². The van der Waals surface area contributed by atoms with Crippen LogP contribution in [0.25, 0.3) is 12.2 Å². The second kappa shape index (κ2) is 5.80. The number of rotatable bonds is 4. The molecule has 0 aromatic heterocycles. The van der Waals surface area contributed by atoms with Crippen LogP contribution in [-0.4, -0.2) is 6.10 Å². The van der Waals surface area contributed by atoms with E-state index in [0.717, 1.165) is 8.26 Å². The van der Waals surface area contributed by atoms with Crippen molar-refractivity contribution in [1.82, 2.24) is 0 Å². The van der Waals surface area contributed by atoms with Crippen LogP contribution in [0.15, 0.2) is 60.7 Å². The number of halogens is 1. The number of hydrogen-bond donors (Lipinski definition) is 0. The Morgan fingerprint density at radius 1 is 0.833 bits per heavy atom. The van der Waals surface area contributed by atoms with Crippen molar-refractivity contribution < 1.29 is 22.3 Å². The molecule has 2 unspecified atom stereocenters. The maximum atomic E-state index is 6.79. The van der Waals surface area contributed by atoms with Gasteiger partial charge in [0.2, 0.25) is 0 Å². The van der Waals surface area contributed by atoms with Crippen LogP contribution in [0.4, 0.5) is 0 Å². The van der Waals surface area contributed by atoms with Crippen molar-refractivity contribution in [3.8, 4) is 0 Å². The molecule has 3 aliphatic rings. The van der Waals surface area contributed by atoms with E-state index < -0.39 is 19.5 Å². The van der Waals surface area contributed by atoms with Crippen LogP contribution in [0, 0.1) is 0 Å². The zero-order chi connectivity index (χ0) is 16.1. The molecule has 0 bridgehead atoms. The molecule has 2 aromatic rings. The molecule has 24 heavy (non-hydrogen) atoms. The van der Waals surface area contributed by atoms with Crippen molar-refractivity contribution >= 4 is 20.7 Å². The van der Waals surface area contributed by atoms with Crippen molar-refractivity contribution in [1.29, 1.82) is 0 Å². The summed E-state index contributed by atoms with van der Waals surface area (Å²) < 4.78 is 9.01. The van der Waals surface area contributed by atoms with E-state index in [9.17, 15) is 0 Å². The minimum atomic E-state index is -2.70. The first kappa shape index (κ1) is 15.3. The van der Waals surface area contributed by atoms with Crippen LogP contribution in [0.2, 0.25) is 8.26 Å². The van der Waals surface area contributed by atoms with E-state index in [0.29, 0.717) is 11.8 Å². The molecule has 1 fully saturated rings. The van der Waals surface area contributed by atoms with Crippen molar-refractivity contribution in [3.63, 3.8) is 0 Å². The fraction of sp³-hybridized carbons (Fsp3) is 0.238. The third-order valence-corrected chi connectivity index (χ3v) is 13.0. The first-order valence-corrected chi connectivity index (χ1v) is 16.3. The predicted octanol–water partition coefficient (Wildman–Crippen LogP) is 6.07. The zero-order valence-corrected chi connectivity index (χ0v) is 16.6. The van der Waals surface area contributed by atoms with Gasteiger partial charge < -0.3 is 0 Å². The fourth-order valence-electron chi connectivity index (χ4n) is 3.96. The normalized spacial score (nSPS) is 26.2. The molecule has 1 aliphatic heterocycles. The van der Waals surface area contributed by atoms with Gasteiger partial charge in [0.25, 0.3) is 0 Å². The zero-order valence-electron chi connectivity index (χ0n) is 13.4. The Morgan fingerprint density at radius 2 is 1.33 bits per heavy atom. The van der Waals surface area contributed by atoms with E-state index in [4.69, 9.17) is 11.3 Å². The molecule has 5 rings (SSSR count). The summed E-state index contributed by atoms with van der Waals surface area (Å²) in [5.74, 6) is 0.602. The number of fused-ring (bicyclic) bond motifs is 2. The molecule has 0 saturated carbocycles. The number of hydrogen-bond acceptors (Lipinski definition) is 1. The van der Waals surface area contributed by atoms with Gasteiger partial charge >= 0.3 is 152 Å². The Bertz CT molecular complexity index is 791. The van der Waals surface area contributed by atoms with E-state index >= 15 is 0 Å². The monoisotopic (exact) mass is 412 g/mol. The van der Waals surface area contributed by atoms with Gasteiger partial charge in [-0.2, -0.15) is 0 Å². The van der Waals surface area contributed by atoms with E-state index in [2.05, 4.69) is 72.8 Å². The second-order valence-electron chi connectivity index (χ2n) is 6.99. The first-order valence-electron chi connectivity index (χ1n) is 8.65. The summed E-state index contributed by atoms with van der Waals surface area (Å²) in [5.41, 5.74) is 5.40. The molecule has 1 nitrogen and oxygen atoms in total. The molecule has 1 heterocycles. The molecule has 0 spiro atoms. The van der Waals surface area contributed by atoms with Crippen LogP contribution in [0.5, 0.6) is 0 Å². The summed E-state index contributed by atoms with van der Waals surface area (Å²) in [4.78, 5) is 0. The van der Waals surface area contributed by atoms with Crippen molar-refractivity contribution in [3.05, 3.63) is 82.9 Å². The molecule has 2 aromatic carbocycles. The molecule has 120 valence electrons. The van der Waals surface area contributed by atoms with Crippen LogP contribution >= 0.6 is 8.51 Å². The van der Waals surface area contributed by atoms with Gasteiger partial charge in [0, 0.05) is 0 Å². The van der Waals surface area contributed by atoms with Gasteiger partial charge in [0.1, 0.15) is 0 Å². The van der Waals surface area contributed by atoms with Gasteiger partial charge in [0.05, 0.1) is 0 Å².